The van der Waals surface area contributed by atoms with E-state index in [1.807, 2.05) is 19.2 Å². The van der Waals surface area contributed by atoms with Gasteiger partial charge in [0.05, 0.1) is 33.4 Å². The van der Waals surface area contributed by atoms with Gasteiger partial charge in [0.25, 0.3) is 11.8 Å². The van der Waals surface area contributed by atoms with Gasteiger partial charge < -0.3 is 73.4 Å². The summed E-state index contributed by atoms with van der Waals surface area (Å²) in [6.45, 7) is 8.11. The molecule has 8 aromatic rings. The molecule has 8 rings (SSSR count). The third kappa shape index (κ3) is 25.7. The third-order valence-corrected chi connectivity index (χ3v) is 15.6. The number of carbonyl (C=O) groups excluding carboxylic acids is 12. The smallest absolute Gasteiger partial charge is 0.459 e. The molecule has 27 nitrogen and oxygen atoms in total. The number of halogens is 7. The second kappa shape index (κ2) is 40.8. The summed E-state index contributed by atoms with van der Waals surface area (Å²) in [7, 11) is 3.56. The summed E-state index contributed by atoms with van der Waals surface area (Å²) in [4.78, 5) is 150. The predicted octanol–water partition coefficient (Wildman–Crippen LogP) is 15.2. The number of ether oxygens (including phenoxy) is 11. The quantitative estimate of drug-likeness (QED) is 0.00716. The molecule has 608 valence electrons. The van der Waals surface area contributed by atoms with Gasteiger partial charge in [-0.3, -0.25) is 19.2 Å². The fraction of sp³-hybridized carbons (Fsp3) is 0.220. The van der Waals surface area contributed by atoms with Crippen LogP contribution in [0.15, 0.2) is 194 Å². The zero-order chi connectivity index (χ0) is 85.2. The Kier molecular flexibility index (Phi) is 31.3. The van der Waals surface area contributed by atoms with E-state index in [4.69, 9.17) is 42.6 Å². The van der Waals surface area contributed by atoms with Crippen molar-refractivity contribution < 1.29 is 140 Å². The van der Waals surface area contributed by atoms with Gasteiger partial charge in [-0.05, 0) is 197 Å². The Labute approximate surface area is 656 Å². The molecule has 0 heterocycles. The number of Topliss-reactive ketones (excluding diaryl/α,β-unsaturated/α-hetero) is 2. The summed E-state index contributed by atoms with van der Waals surface area (Å²) in [6.07, 6.45) is -6.23. The van der Waals surface area contributed by atoms with Crippen molar-refractivity contribution in [2.45, 2.75) is 52.6 Å². The van der Waals surface area contributed by atoms with Gasteiger partial charge in [-0.25, -0.2) is 38.4 Å². The monoisotopic (exact) mass is 1610 g/mol. The highest BCUT2D eigenvalue weighted by molar-refractivity contribution is 6.13. The lowest BCUT2D eigenvalue weighted by Crippen LogP contribution is -2.45. The second-order valence-corrected chi connectivity index (χ2v) is 24.5. The van der Waals surface area contributed by atoms with E-state index in [0.29, 0.717) is 35.6 Å². The van der Waals surface area contributed by atoms with Gasteiger partial charge in [-0.1, -0.05) is 25.3 Å². The number of esters is 8. The van der Waals surface area contributed by atoms with Crippen LogP contribution in [0.4, 0.5) is 53.5 Å². The molecule has 0 aliphatic heterocycles. The number of alkyl halides is 7. The lowest BCUT2D eigenvalue weighted by molar-refractivity contribution is -0.280. The van der Waals surface area contributed by atoms with Crippen molar-refractivity contribution >= 4 is 93.9 Å². The van der Waals surface area contributed by atoms with E-state index in [9.17, 15) is 88.3 Å². The van der Waals surface area contributed by atoms with E-state index in [1.165, 1.54) is 112 Å². The Morgan fingerprint density at radius 2 is 0.586 bits per heavy atom. The standard InChI is InChI=1S/C42H40N2O12.C40H33F7N2O11/c1-25(2)39(47)51-19-21-53-41(49)34-17-15-32(23-36(34)27(5)45)56-33-16-18-35(42(50)54-22-20-52-40(48)26(3)4)37(24-33)38(46)44-29-9-13-31(14-10-29)55-30-11-7-28(43-6)8-12-30;1-22(50)31-20-23(4-14-29(31)34(52)56-16-18-58-36(54)38(2,41)42)24-5-15-30(35(53)57-17-19-59-37(55)39(43,44)40(45,46)47)32(21-24)33(51)49-26-8-12-28(13-9-26)60-27-10-6-25(48-3)7-11-27/h7-18,23-24,43H,1,3,19-22H2,2,4-6H3,(H,44,46);4-15,20-21,48H,16-19H2,1-3H3,(H,49,51). The molecule has 8 aromatic carbocycles. The van der Waals surface area contributed by atoms with Gasteiger partial charge in [-0.2, -0.15) is 30.7 Å². The summed E-state index contributed by atoms with van der Waals surface area (Å²) in [6, 6.07) is 42.4. The molecule has 116 heavy (non-hydrogen) atoms. The number of ketones is 2. The molecule has 34 heteroatoms. The Balaban J connectivity index is 0.000000322. The number of rotatable bonds is 35. The van der Waals surface area contributed by atoms with Crippen LogP contribution in [0.5, 0.6) is 34.5 Å². The molecule has 0 bridgehead atoms. The SMILES string of the molecule is C=C(C)C(=O)OCCOC(=O)c1ccc(Oc2ccc(C(=O)OCCOC(=O)C(=C)C)c(C(=O)Nc3ccc(Oc4ccc(NC)cc4)cc3)c2)cc1C(C)=O.CNc1ccc(Oc2ccc(NC(=O)c3cc(-c4ccc(C(=O)OCCOC(=O)C(C)(F)F)c(C(C)=O)c4)ccc3C(=O)OCCOC(=O)C(F)(F)C(F)(F)F)cc2)cc1. The van der Waals surface area contributed by atoms with E-state index in [1.54, 1.807) is 67.7 Å². The van der Waals surface area contributed by atoms with Gasteiger partial charge in [-0.15, -0.1) is 0 Å². The number of nitrogens with one attached hydrogen (secondary N) is 4. The van der Waals surface area contributed by atoms with E-state index >= 15 is 0 Å². The van der Waals surface area contributed by atoms with Crippen LogP contribution in [0.2, 0.25) is 0 Å². The van der Waals surface area contributed by atoms with Crippen LogP contribution in [0.25, 0.3) is 11.1 Å². The first-order valence-electron chi connectivity index (χ1n) is 34.4. The average Bonchev–Trinajstić information content (AvgIpc) is 0.784. The molecule has 0 unspecified atom stereocenters. The van der Waals surface area contributed by atoms with Crippen molar-refractivity contribution in [1.82, 2.24) is 0 Å². The zero-order valence-electron chi connectivity index (χ0n) is 62.8. The molecule has 0 aliphatic rings. The van der Waals surface area contributed by atoms with E-state index in [2.05, 4.69) is 43.9 Å². The van der Waals surface area contributed by atoms with Crippen molar-refractivity contribution in [3.8, 4) is 45.6 Å². The molecule has 0 aliphatic carbocycles. The average molecular weight is 1620 g/mol. The molecule has 4 N–H and O–H groups in total. The Morgan fingerprint density at radius 3 is 0.914 bits per heavy atom. The van der Waals surface area contributed by atoms with Crippen molar-refractivity contribution in [3.63, 3.8) is 0 Å². The fourth-order valence-electron chi connectivity index (χ4n) is 9.65. The first-order chi connectivity index (χ1) is 54.9. The molecule has 0 aromatic heterocycles. The largest absolute Gasteiger partial charge is 0.465 e. The number of benzene rings is 8. The number of hydrogen-bond donors (Lipinski definition) is 4. The van der Waals surface area contributed by atoms with Crippen LogP contribution in [-0.2, 0) is 57.1 Å². The number of amides is 2. The number of anilines is 4. The van der Waals surface area contributed by atoms with Gasteiger partial charge in [0.2, 0.25) is 0 Å². The Hall–Kier alpha value is -14.2. The molecule has 0 spiro atoms. The Bertz CT molecular complexity index is 5010. The summed E-state index contributed by atoms with van der Waals surface area (Å²) in [5.41, 5.74) is 1.56. The maximum atomic E-state index is 13.7. The minimum atomic E-state index is -6.23. The first kappa shape index (κ1) is 89.0. The van der Waals surface area contributed by atoms with Crippen LogP contribution < -0.4 is 35.5 Å². The van der Waals surface area contributed by atoms with Crippen LogP contribution in [0.3, 0.4) is 0 Å². The molecular formula is C82H73F7N4O23. The topological polar surface area (TPSA) is 354 Å². The van der Waals surface area contributed by atoms with Crippen molar-refractivity contribution in [3.05, 3.63) is 239 Å². The lowest BCUT2D eigenvalue weighted by Gasteiger charge is -2.17. The van der Waals surface area contributed by atoms with E-state index < -0.39 is 121 Å². The molecular weight excluding hydrogens is 1540 g/mol. The van der Waals surface area contributed by atoms with Crippen molar-refractivity contribution in [2.75, 3.05) is 88.2 Å². The molecule has 0 atom stereocenters. The summed E-state index contributed by atoms with van der Waals surface area (Å²) >= 11 is 0. The number of carbonyl (C=O) groups is 12. The van der Waals surface area contributed by atoms with Crippen molar-refractivity contribution in [2.24, 2.45) is 0 Å². The summed E-state index contributed by atoms with van der Waals surface area (Å²) in [5, 5.41) is 11.3. The fourth-order valence-corrected chi connectivity index (χ4v) is 9.65. The summed E-state index contributed by atoms with van der Waals surface area (Å²) in [5.74, 6) is -20.2. The molecule has 2 amide bonds. The number of hydrogen-bond acceptors (Lipinski definition) is 25. The van der Waals surface area contributed by atoms with Gasteiger partial charge in [0, 0.05) is 66.0 Å². The minimum Gasteiger partial charge on any atom is -0.459 e. The molecule has 0 radical (unpaired) electrons. The second-order valence-electron chi connectivity index (χ2n) is 24.5. The maximum Gasteiger partial charge on any atom is 0.465 e. The van der Waals surface area contributed by atoms with Crippen LogP contribution in [0, 0.1) is 0 Å². The van der Waals surface area contributed by atoms with E-state index in [-0.39, 0.29) is 105 Å². The zero-order valence-corrected chi connectivity index (χ0v) is 62.8. The normalized spacial score (nSPS) is 10.9. The van der Waals surface area contributed by atoms with Crippen LogP contribution >= 0.6 is 0 Å². The van der Waals surface area contributed by atoms with E-state index in [0.717, 1.165) is 24.4 Å². The molecule has 0 fully saturated rings. The lowest BCUT2D eigenvalue weighted by atomic mass is 9.94. The highest BCUT2D eigenvalue weighted by atomic mass is 19.4. The molecule has 0 saturated heterocycles. The minimum absolute atomic E-state index is 0.0145. The first-order valence-corrected chi connectivity index (χ1v) is 34.4. The van der Waals surface area contributed by atoms with Crippen LogP contribution in [-0.4, -0.2) is 156 Å². The van der Waals surface area contributed by atoms with Crippen LogP contribution in [0.1, 0.15) is 117 Å². The maximum absolute atomic E-state index is 13.7. The van der Waals surface area contributed by atoms with Gasteiger partial charge >= 0.3 is 65.8 Å². The molecule has 0 saturated carbocycles. The highest BCUT2D eigenvalue weighted by Crippen LogP contribution is 2.37. The highest BCUT2D eigenvalue weighted by Gasteiger charge is 2.65. The summed E-state index contributed by atoms with van der Waals surface area (Å²) < 4.78 is 146. The van der Waals surface area contributed by atoms with Crippen molar-refractivity contribution in [1.29, 1.82) is 0 Å². The van der Waals surface area contributed by atoms with Gasteiger partial charge in [0.15, 0.2) is 11.6 Å². The third-order valence-electron chi connectivity index (χ3n) is 15.6. The predicted molar refractivity (Wildman–Crippen MR) is 402 cm³/mol. The van der Waals surface area contributed by atoms with Gasteiger partial charge in [0.1, 0.15) is 87.4 Å². The Morgan fingerprint density at radius 1 is 0.319 bits per heavy atom.